The van der Waals surface area contributed by atoms with Gasteiger partial charge in [0.1, 0.15) is 42.7 Å². The molecule has 0 radical (unpaired) electrons. The topological polar surface area (TPSA) is 290 Å². The summed E-state index contributed by atoms with van der Waals surface area (Å²) < 4.78 is 77.6. The number of thioether (sulfide) groups is 1. The second kappa shape index (κ2) is 37.4. The zero-order chi connectivity index (χ0) is 68.0. The molecule has 24 heteroatoms. The van der Waals surface area contributed by atoms with Crippen molar-refractivity contribution < 1.29 is 90.6 Å². The van der Waals surface area contributed by atoms with E-state index in [0.29, 0.717) is 126 Å². The molecule has 0 aliphatic carbocycles. The van der Waals surface area contributed by atoms with Crippen LogP contribution in [0.4, 0.5) is 4.79 Å². The van der Waals surface area contributed by atoms with E-state index in [9.17, 15) is 29.7 Å². The van der Waals surface area contributed by atoms with Crippen molar-refractivity contribution in [2.45, 2.75) is 220 Å². The van der Waals surface area contributed by atoms with Crippen molar-refractivity contribution >= 4 is 41.9 Å². The number of ether oxygens (including phenoxy) is 11. The minimum absolute atomic E-state index is 0.0856. The number of urea groups is 1. The predicted molar refractivity (Wildman–Crippen MR) is 358 cm³/mol. The van der Waals surface area contributed by atoms with Crippen molar-refractivity contribution in [3.63, 3.8) is 0 Å². The van der Waals surface area contributed by atoms with Gasteiger partial charge in [-0.25, -0.2) is 19.6 Å². The summed E-state index contributed by atoms with van der Waals surface area (Å²) in [5.41, 5.74) is 3.74. The van der Waals surface area contributed by atoms with Crippen molar-refractivity contribution in [2.75, 3.05) is 66.2 Å². The number of aromatic nitrogens is 2. The number of allylic oxidation sites excluding steroid dienone is 3. The first-order valence-electron chi connectivity index (χ1n) is 34.0. The van der Waals surface area contributed by atoms with E-state index in [1.165, 1.54) is 12.3 Å². The maximum atomic E-state index is 13.7. The molecule has 2 amide bonds. The zero-order valence-corrected chi connectivity index (χ0v) is 57.2. The summed E-state index contributed by atoms with van der Waals surface area (Å²) in [6.07, 6.45) is 22.9. The Morgan fingerprint density at radius 1 is 0.906 bits per heavy atom. The number of unbranched alkanes of at least 4 members (excludes halogenated alkanes) is 1. The number of aliphatic hydroxyl groups is 3. The fourth-order valence-electron chi connectivity index (χ4n) is 13.6. The minimum Gasteiger partial charge on any atom is -0.463 e. The van der Waals surface area contributed by atoms with Crippen molar-refractivity contribution in [1.82, 2.24) is 20.6 Å². The van der Waals surface area contributed by atoms with Gasteiger partial charge in [0.15, 0.2) is 11.7 Å². The SMILES string of the molecule is C=C1C[C@@H]2C[C@@H]3C[C@@H](O)C[C@@H](O3)c3coc(n3)/C=C\C[C@H]3O[C@@H](/C(C)=C/c4coc(C[C@]5(O)C[C@H](OC)C[C@H]([C@H](O)/C=C(C)/C=C/[C@@H](CC#C/C=C/COCCOCCOCCOC(=O)CCCC[C@@H]6SC[C@@H]7NC(=O)N[C@@H]76)OC)O5)n4)[C@H](C)[C@@H](OC(=O)/C=C\C[C@@H](C1)O2)[C@H]3C. The molecule has 6 fully saturated rings. The van der Waals surface area contributed by atoms with Crippen LogP contribution in [0, 0.1) is 23.7 Å². The summed E-state index contributed by atoms with van der Waals surface area (Å²) in [5.74, 6) is 4.71. The van der Waals surface area contributed by atoms with E-state index in [1.807, 2.05) is 75.9 Å². The fourth-order valence-corrected chi connectivity index (χ4v) is 15.2. The molecule has 9 heterocycles. The van der Waals surface area contributed by atoms with Crippen LogP contribution in [0.3, 0.4) is 0 Å². The van der Waals surface area contributed by atoms with Crippen LogP contribution in [-0.2, 0) is 68.1 Å². The molecule has 18 atom stereocenters. The summed E-state index contributed by atoms with van der Waals surface area (Å²) in [6.45, 7) is 14.6. The van der Waals surface area contributed by atoms with Crippen LogP contribution >= 0.6 is 11.8 Å². The number of rotatable bonds is 27. The standard InChI is InChI=1S/C72H100N4O19S/c1-45(23-24-52(83-6)16-10-8-9-13-25-85-26-27-86-28-29-87-30-31-88-66(79)21-12-11-19-63-68-58(44-96-63)75-71(81)76-68)34-59(78)62-39-56(84-7)40-72(82,95-62)41-65-73-50(42-89-65)35-47(3)69-49(5)70-48(4)60(93-69)18-15-20-64-74-57(43-90-64)61-37-51(77)36-55(92-61)38-54-33-46(2)32-53(91-54)17-14-22-67(80)94-70/h9,13-15,20,22-24,34-35,42-43,48-49,51-56,58-63,68-70,77-78,82H,2,11-12,16-19,21,25-33,36-41,44H2,1,3-7H3,(H2,75,76,81)/b13-9+,20-15-,22-14-,24-23+,45-34+,47-35+/t48-,49-,51+,52+,53-,54+,55-,56+,58-,59+,60+,61+,62+,63-,68-,69-,70-,72-/m0/s1. The summed E-state index contributed by atoms with van der Waals surface area (Å²) in [4.78, 5) is 46.8. The van der Waals surface area contributed by atoms with Gasteiger partial charge in [-0.1, -0.05) is 86.3 Å². The Morgan fingerprint density at radius 2 is 1.70 bits per heavy atom. The molecule has 0 spiro atoms. The highest BCUT2D eigenvalue weighted by Gasteiger charge is 2.46. The molecule has 0 saturated carbocycles. The highest BCUT2D eigenvalue weighted by Crippen LogP contribution is 2.40. The van der Waals surface area contributed by atoms with Crippen molar-refractivity contribution in [2.24, 2.45) is 11.8 Å². The molecule has 7 aliphatic rings. The second-order valence-electron chi connectivity index (χ2n) is 26.2. The summed E-state index contributed by atoms with van der Waals surface area (Å²) in [5, 5.41) is 40.7. The van der Waals surface area contributed by atoms with Crippen molar-refractivity contribution in [3.8, 4) is 11.8 Å². The lowest BCUT2D eigenvalue weighted by Crippen LogP contribution is -2.51. The smallest absolute Gasteiger partial charge is 0.330 e. The lowest BCUT2D eigenvalue weighted by Gasteiger charge is -2.44. The van der Waals surface area contributed by atoms with Gasteiger partial charge in [-0.05, 0) is 82.6 Å². The van der Waals surface area contributed by atoms with Gasteiger partial charge in [0.05, 0.1) is 119 Å². The first kappa shape index (κ1) is 74.5. The summed E-state index contributed by atoms with van der Waals surface area (Å²) in [7, 11) is 3.17. The molecule has 528 valence electrons. The number of amides is 2. The molecule has 96 heavy (non-hydrogen) atoms. The number of nitrogens with zero attached hydrogens (tertiary/aromatic N) is 2. The number of nitrogens with one attached hydrogen (secondary N) is 2. The monoisotopic (exact) mass is 1360 g/mol. The predicted octanol–water partition coefficient (Wildman–Crippen LogP) is 8.73. The van der Waals surface area contributed by atoms with E-state index in [4.69, 9.17) is 70.9 Å². The zero-order valence-electron chi connectivity index (χ0n) is 56.4. The Kier molecular flexibility index (Phi) is 29.0. The minimum atomic E-state index is -1.78. The van der Waals surface area contributed by atoms with E-state index in [-0.39, 0.29) is 91.8 Å². The maximum Gasteiger partial charge on any atom is 0.330 e. The second-order valence-corrected chi connectivity index (χ2v) is 27.5. The molecule has 5 N–H and O–H groups in total. The van der Waals surface area contributed by atoms with E-state index < -0.39 is 54.5 Å². The fraction of sp³-hybridized carbons (Fsp3) is 0.653. The van der Waals surface area contributed by atoms with Crippen molar-refractivity contribution in [1.29, 1.82) is 0 Å². The van der Waals surface area contributed by atoms with Crippen LogP contribution in [-0.4, -0.2) is 200 Å². The van der Waals surface area contributed by atoms with Gasteiger partial charge in [0.2, 0.25) is 5.89 Å². The molecule has 7 aliphatic heterocycles. The molecule has 2 aromatic heterocycles. The third kappa shape index (κ3) is 22.9. The highest BCUT2D eigenvalue weighted by molar-refractivity contribution is 8.00. The van der Waals surface area contributed by atoms with Gasteiger partial charge in [0, 0.05) is 81.7 Å². The number of aliphatic hydroxyl groups excluding tert-OH is 2. The number of fused-ring (bicyclic) bond motifs is 10. The van der Waals surface area contributed by atoms with Gasteiger partial charge in [-0.2, -0.15) is 11.8 Å². The van der Waals surface area contributed by atoms with Crippen LogP contribution < -0.4 is 10.6 Å². The Hall–Kier alpha value is -5.76. The van der Waals surface area contributed by atoms with Gasteiger partial charge in [0.25, 0.3) is 0 Å². The molecular formula is C72H100N4O19S. The first-order chi connectivity index (χ1) is 46.4. The third-order valence-corrected chi connectivity index (χ3v) is 20.0. The lowest BCUT2D eigenvalue weighted by atomic mass is 9.79. The van der Waals surface area contributed by atoms with Crippen LogP contribution in [0.1, 0.15) is 147 Å². The third-order valence-electron chi connectivity index (χ3n) is 18.5. The van der Waals surface area contributed by atoms with Gasteiger partial charge in [-0.15, -0.1) is 0 Å². The Morgan fingerprint density at radius 3 is 2.51 bits per heavy atom. The Balaban J connectivity index is 0.692. The first-order valence-corrected chi connectivity index (χ1v) is 35.1. The average Bonchev–Trinajstić information content (AvgIpc) is 1.04. The van der Waals surface area contributed by atoms with E-state index in [0.717, 1.165) is 41.7 Å². The summed E-state index contributed by atoms with van der Waals surface area (Å²) >= 11 is 1.87. The molecule has 0 unspecified atom stereocenters. The van der Waals surface area contributed by atoms with Gasteiger partial charge in [-0.3, -0.25) is 4.79 Å². The maximum absolute atomic E-state index is 13.7. The van der Waals surface area contributed by atoms with E-state index in [1.54, 1.807) is 38.7 Å². The normalized spacial score (nSPS) is 32.7. The number of esters is 2. The largest absolute Gasteiger partial charge is 0.463 e. The molecular weight excluding hydrogens is 1260 g/mol. The molecule has 0 aromatic carbocycles. The molecule has 6 saturated heterocycles. The van der Waals surface area contributed by atoms with Crippen molar-refractivity contribution in [3.05, 3.63) is 108 Å². The number of methoxy groups -OCH3 is 2. The lowest BCUT2D eigenvalue weighted by molar-refractivity contribution is -0.286. The van der Waals surface area contributed by atoms with Crippen LogP contribution in [0.2, 0.25) is 0 Å². The quantitative estimate of drug-likeness (QED) is 0.0139. The number of hydrogen-bond donors (Lipinski definition) is 5. The molecule has 2 aromatic rings. The number of carbonyl (C=O) groups is 3. The molecule has 8 bridgehead atoms. The van der Waals surface area contributed by atoms with Crippen LogP contribution in [0.5, 0.6) is 0 Å². The molecule has 23 nitrogen and oxygen atoms in total. The number of hydrogen-bond acceptors (Lipinski definition) is 22. The Labute approximate surface area is 568 Å². The van der Waals surface area contributed by atoms with Gasteiger partial charge >= 0.3 is 18.0 Å². The van der Waals surface area contributed by atoms with Gasteiger partial charge < -0.3 is 86.9 Å². The number of carbonyl (C=O) groups excluding carboxylic acids is 3. The van der Waals surface area contributed by atoms with E-state index >= 15 is 0 Å². The van der Waals surface area contributed by atoms with E-state index in [2.05, 4.69) is 29.1 Å². The Bertz CT molecular complexity index is 3090. The van der Waals surface area contributed by atoms with Crippen LogP contribution in [0.15, 0.2) is 93.3 Å². The summed E-state index contributed by atoms with van der Waals surface area (Å²) in [6, 6.07) is 0.304. The molecule has 9 rings (SSSR count). The van der Waals surface area contributed by atoms with Crippen LogP contribution in [0.25, 0.3) is 12.2 Å². The average molecular weight is 1360 g/mol. The number of oxazole rings is 2. The highest BCUT2D eigenvalue weighted by atomic mass is 32.2.